The molecule has 0 amide bonds. The number of aromatic nitrogens is 2. The highest BCUT2D eigenvalue weighted by molar-refractivity contribution is 7.98. The van der Waals surface area contributed by atoms with Gasteiger partial charge in [0.15, 0.2) is 5.16 Å². The van der Waals surface area contributed by atoms with Gasteiger partial charge in [0.25, 0.3) is 0 Å². The van der Waals surface area contributed by atoms with Crippen molar-refractivity contribution in [2.24, 2.45) is 0 Å². The molecule has 2 N–H and O–H groups in total. The largest absolute Gasteiger partial charge is 0.370 e. The molecule has 0 aliphatic carbocycles. The lowest BCUT2D eigenvalue weighted by atomic mass is 10.2. The normalized spacial score (nSPS) is 10.5. The number of nitrogens with one attached hydrogen (secondary N) is 2. The third kappa shape index (κ3) is 4.29. The summed E-state index contributed by atoms with van der Waals surface area (Å²) in [5.74, 6) is 0.138. The molecule has 0 aliphatic heterocycles. The van der Waals surface area contributed by atoms with E-state index in [1.54, 1.807) is 6.07 Å². The van der Waals surface area contributed by atoms with E-state index in [-0.39, 0.29) is 6.54 Å². The molecule has 1 heterocycles. The summed E-state index contributed by atoms with van der Waals surface area (Å²) >= 11 is 1.42. The summed E-state index contributed by atoms with van der Waals surface area (Å²) in [6.07, 6.45) is 1.88. The van der Waals surface area contributed by atoms with E-state index in [1.807, 2.05) is 13.2 Å². The van der Waals surface area contributed by atoms with E-state index in [0.29, 0.717) is 22.4 Å². The van der Waals surface area contributed by atoms with Gasteiger partial charge >= 0.3 is 0 Å². The molecular weight excluding hydrogens is 294 g/mol. The SMILES string of the molecule is CCNc1cc(NCc2ccc(F)cc2F)nc(SC)n1. The maximum absolute atomic E-state index is 13.6. The lowest BCUT2D eigenvalue weighted by molar-refractivity contribution is 0.574. The van der Waals surface area contributed by atoms with E-state index in [0.717, 1.165) is 12.6 Å². The minimum atomic E-state index is -0.586. The van der Waals surface area contributed by atoms with E-state index in [9.17, 15) is 8.78 Å². The van der Waals surface area contributed by atoms with Gasteiger partial charge in [0.05, 0.1) is 0 Å². The van der Waals surface area contributed by atoms with Crippen LogP contribution in [0.1, 0.15) is 12.5 Å². The Kier molecular flexibility index (Phi) is 5.32. The highest BCUT2D eigenvalue weighted by Gasteiger charge is 2.06. The predicted octanol–water partition coefficient (Wildman–Crippen LogP) is 3.52. The number of anilines is 2. The summed E-state index contributed by atoms with van der Waals surface area (Å²) in [5.41, 5.74) is 0.380. The van der Waals surface area contributed by atoms with Crippen molar-refractivity contribution in [2.45, 2.75) is 18.6 Å². The summed E-state index contributed by atoms with van der Waals surface area (Å²) in [6.45, 7) is 2.95. The highest BCUT2D eigenvalue weighted by Crippen LogP contribution is 2.18. The molecule has 2 rings (SSSR count). The summed E-state index contributed by atoms with van der Waals surface area (Å²) < 4.78 is 26.4. The van der Waals surface area contributed by atoms with Crippen molar-refractivity contribution in [3.63, 3.8) is 0 Å². The van der Waals surface area contributed by atoms with Crippen molar-refractivity contribution >= 4 is 23.4 Å². The van der Waals surface area contributed by atoms with E-state index >= 15 is 0 Å². The molecule has 112 valence electrons. The lowest BCUT2D eigenvalue weighted by Gasteiger charge is -2.10. The number of nitrogens with zero attached hydrogens (tertiary/aromatic N) is 2. The van der Waals surface area contributed by atoms with Gasteiger partial charge in [-0.1, -0.05) is 17.8 Å². The number of hydrogen-bond donors (Lipinski definition) is 2. The minimum absolute atomic E-state index is 0.225. The molecule has 21 heavy (non-hydrogen) atoms. The Morgan fingerprint density at radius 2 is 1.81 bits per heavy atom. The molecule has 1 aromatic heterocycles. The van der Waals surface area contributed by atoms with Crippen LogP contribution in [-0.2, 0) is 6.54 Å². The topological polar surface area (TPSA) is 49.8 Å². The Morgan fingerprint density at radius 3 is 2.43 bits per heavy atom. The highest BCUT2D eigenvalue weighted by atomic mass is 32.2. The van der Waals surface area contributed by atoms with Gasteiger partial charge in [0.1, 0.15) is 23.3 Å². The molecule has 0 aliphatic rings. The van der Waals surface area contributed by atoms with Crippen LogP contribution in [-0.4, -0.2) is 22.8 Å². The van der Waals surface area contributed by atoms with Crippen LogP contribution < -0.4 is 10.6 Å². The number of benzene rings is 1. The molecular formula is C14H16F2N4S. The van der Waals surface area contributed by atoms with Gasteiger partial charge in [-0.15, -0.1) is 0 Å². The van der Waals surface area contributed by atoms with Gasteiger partial charge < -0.3 is 10.6 Å². The van der Waals surface area contributed by atoms with Crippen molar-refractivity contribution in [2.75, 3.05) is 23.4 Å². The van der Waals surface area contributed by atoms with Crippen molar-refractivity contribution in [1.82, 2.24) is 9.97 Å². The van der Waals surface area contributed by atoms with Crippen LogP contribution in [0.15, 0.2) is 29.4 Å². The zero-order valence-electron chi connectivity index (χ0n) is 11.8. The third-order valence-electron chi connectivity index (χ3n) is 2.72. The molecule has 4 nitrogen and oxygen atoms in total. The molecule has 0 spiro atoms. The molecule has 0 radical (unpaired) electrons. The van der Waals surface area contributed by atoms with Crippen LogP contribution in [0.3, 0.4) is 0 Å². The number of thioether (sulfide) groups is 1. The first-order valence-electron chi connectivity index (χ1n) is 6.47. The molecule has 0 unspecified atom stereocenters. The molecule has 0 saturated carbocycles. The number of rotatable bonds is 6. The first kappa shape index (κ1) is 15.5. The Labute approximate surface area is 126 Å². The van der Waals surface area contributed by atoms with Crippen molar-refractivity contribution < 1.29 is 8.78 Å². The fourth-order valence-corrected chi connectivity index (χ4v) is 2.11. The van der Waals surface area contributed by atoms with Crippen LogP contribution in [0, 0.1) is 11.6 Å². The minimum Gasteiger partial charge on any atom is -0.370 e. The lowest BCUT2D eigenvalue weighted by Crippen LogP contribution is -2.07. The van der Waals surface area contributed by atoms with Crippen LogP contribution in [0.4, 0.5) is 20.4 Å². The van der Waals surface area contributed by atoms with Gasteiger partial charge in [0.2, 0.25) is 0 Å². The summed E-state index contributed by atoms with van der Waals surface area (Å²) in [6, 6.07) is 5.27. The van der Waals surface area contributed by atoms with Crippen LogP contribution in [0.25, 0.3) is 0 Å². The Bertz CT molecular complexity index is 622. The van der Waals surface area contributed by atoms with E-state index in [2.05, 4.69) is 20.6 Å². The first-order valence-corrected chi connectivity index (χ1v) is 7.69. The predicted molar refractivity (Wildman–Crippen MR) is 81.7 cm³/mol. The van der Waals surface area contributed by atoms with Gasteiger partial charge in [-0.2, -0.15) is 0 Å². The van der Waals surface area contributed by atoms with Crippen molar-refractivity contribution in [3.8, 4) is 0 Å². The molecule has 7 heteroatoms. The Hall–Kier alpha value is -1.89. The number of halogens is 2. The maximum Gasteiger partial charge on any atom is 0.191 e. The Balaban J connectivity index is 2.13. The molecule has 0 saturated heterocycles. The van der Waals surface area contributed by atoms with E-state index < -0.39 is 11.6 Å². The fourth-order valence-electron chi connectivity index (χ4n) is 1.73. The Morgan fingerprint density at radius 1 is 1.10 bits per heavy atom. The quantitative estimate of drug-likeness (QED) is 0.631. The summed E-state index contributed by atoms with van der Waals surface area (Å²) in [5, 5.41) is 6.76. The first-order chi connectivity index (χ1) is 10.1. The molecule has 0 bridgehead atoms. The zero-order valence-corrected chi connectivity index (χ0v) is 12.6. The smallest absolute Gasteiger partial charge is 0.191 e. The maximum atomic E-state index is 13.6. The van der Waals surface area contributed by atoms with Crippen molar-refractivity contribution in [1.29, 1.82) is 0 Å². The van der Waals surface area contributed by atoms with Crippen LogP contribution in [0.5, 0.6) is 0 Å². The molecule has 0 atom stereocenters. The van der Waals surface area contributed by atoms with Gasteiger partial charge in [-0.25, -0.2) is 18.7 Å². The monoisotopic (exact) mass is 310 g/mol. The fraction of sp³-hybridized carbons (Fsp3) is 0.286. The van der Waals surface area contributed by atoms with Gasteiger partial charge in [-0.3, -0.25) is 0 Å². The third-order valence-corrected chi connectivity index (χ3v) is 3.27. The molecule has 0 fully saturated rings. The van der Waals surface area contributed by atoms with Crippen molar-refractivity contribution in [3.05, 3.63) is 41.5 Å². The second-order valence-corrected chi connectivity index (χ2v) is 5.02. The summed E-state index contributed by atoms with van der Waals surface area (Å²) in [7, 11) is 0. The van der Waals surface area contributed by atoms with Crippen LogP contribution in [0.2, 0.25) is 0 Å². The molecule has 1 aromatic carbocycles. The standard InChI is InChI=1S/C14H16F2N4S/c1-3-17-12-7-13(20-14(19-12)21-2)18-8-9-4-5-10(15)6-11(9)16/h4-7H,3,8H2,1-2H3,(H2,17,18,19,20). The van der Waals surface area contributed by atoms with E-state index in [1.165, 1.54) is 23.9 Å². The van der Waals surface area contributed by atoms with Gasteiger partial charge in [-0.05, 0) is 19.2 Å². The molecule has 2 aromatic rings. The second kappa shape index (κ2) is 7.21. The zero-order chi connectivity index (χ0) is 15.2. The van der Waals surface area contributed by atoms with Gasteiger partial charge in [0, 0.05) is 30.8 Å². The number of hydrogen-bond acceptors (Lipinski definition) is 5. The summed E-state index contributed by atoms with van der Waals surface area (Å²) in [4.78, 5) is 8.60. The van der Waals surface area contributed by atoms with Crippen LogP contribution >= 0.6 is 11.8 Å². The van der Waals surface area contributed by atoms with E-state index in [4.69, 9.17) is 0 Å². The average molecular weight is 310 g/mol. The average Bonchev–Trinajstić information content (AvgIpc) is 2.46. The second-order valence-electron chi connectivity index (χ2n) is 4.24.